The van der Waals surface area contributed by atoms with E-state index in [2.05, 4.69) is 43.5 Å². The van der Waals surface area contributed by atoms with Gasteiger partial charge in [-0.15, -0.1) is 0 Å². The van der Waals surface area contributed by atoms with Crippen molar-refractivity contribution < 1.29 is 4.74 Å². The van der Waals surface area contributed by atoms with Crippen molar-refractivity contribution in [2.24, 2.45) is 0 Å². The second kappa shape index (κ2) is 9.20. The third kappa shape index (κ3) is 5.79. The van der Waals surface area contributed by atoms with Gasteiger partial charge in [-0.05, 0) is 35.2 Å². The largest absolute Gasteiger partial charge is 0.376 e. The number of anilines is 2. The lowest BCUT2D eigenvalue weighted by atomic mass is 9.98. The maximum atomic E-state index is 5.90. The molecule has 1 fully saturated rings. The summed E-state index contributed by atoms with van der Waals surface area (Å²) in [5.41, 5.74) is 0. The molecule has 1 heterocycles. The fourth-order valence-electron chi connectivity index (χ4n) is 2.44. The molecule has 0 aromatic carbocycles. The van der Waals surface area contributed by atoms with Gasteiger partial charge in [-0.2, -0.15) is 4.98 Å². The summed E-state index contributed by atoms with van der Waals surface area (Å²) in [6, 6.07) is 0. The molecule has 1 aromatic rings. The van der Waals surface area contributed by atoms with Crippen LogP contribution in [0.25, 0.3) is 0 Å². The molecule has 1 saturated carbocycles. The quantitative estimate of drug-likeness (QED) is 0.693. The second-order valence-corrected chi connectivity index (χ2v) is 6.23. The van der Waals surface area contributed by atoms with Crippen LogP contribution in [-0.2, 0) is 4.74 Å². The van der Waals surface area contributed by atoms with E-state index in [1.165, 1.54) is 32.1 Å². The number of nitrogens with one attached hydrogen (secondary N) is 2. The molecule has 6 heteroatoms. The summed E-state index contributed by atoms with van der Waals surface area (Å²) in [7, 11) is 0. The topological polar surface area (TPSA) is 59.1 Å². The Morgan fingerprint density at radius 3 is 2.81 bits per heavy atom. The van der Waals surface area contributed by atoms with E-state index >= 15 is 0 Å². The average Bonchev–Trinajstić information content (AvgIpc) is 2.53. The van der Waals surface area contributed by atoms with E-state index in [4.69, 9.17) is 4.74 Å². The van der Waals surface area contributed by atoms with E-state index in [0.29, 0.717) is 12.1 Å². The summed E-state index contributed by atoms with van der Waals surface area (Å²) < 4.78 is 6.78. The zero-order valence-corrected chi connectivity index (χ0v) is 14.3. The van der Waals surface area contributed by atoms with Gasteiger partial charge in [0, 0.05) is 19.3 Å². The van der Waals surface area contributed by atoms with Crippen LogP contribution in [0.5, 0.6) is 0 Å². The number of nitrogens with zero attached hydrogens (tertiary/aromatic N) is 2. The number of halogens is 1. The minimum absolute atomic E-state index is 0.455. The van der Waals surface area contributed by atoms with Crippen molar-refractivity contribution in [3.05, 3.63) is 10.7 Å². The lowest BCUT2D eigenvalue weighted by Crippen LogP contribution is -2.21. The van der Waals surface area contributed by atoms with Gasteiger partial charge in [0.15, 0.2) is 0 Å². The van der Waals surface area contributed by atoms with Crippen LogP contribution in [0.1, 0.15) is 45.4 Å². The zero-order valence-electron chi connectivity index (χ0n) is 12.7. The van der Waals surface area contributed by atoms with Gasteiger partial charge in [0.2, 0.25) is 5.95 Å². The van der Waals surface area contributed by atoms with Gasteiger partial charge in [-0.1, -0.05) is 26.2 Å². The van der Waals surface area contributed by atoms with Crippen LogP contribution in [0, 0.1) is 0 Å². The third-order valence-electron chi connectivity index (χ3n) is 3.58. The number of rotatable bonds is 8. The zero-order chi connectivity index (χ0) is 14.9. The number of ether oxygens (including phenoxy) is 1. The van der Waals surface area contributed by atoms with Crippen molar-refractivity contribution in [1.82, 2.24) is 9.97 Å². The van der Waals surface area contributed by atoms with Crippen LogP contribution in [0.4, 0.5) is 11.8 Å². The predicted molar refractivity (Wildman–Crippen MR) is 89.8 cm³/mol. The molecule has 2 rings (SSSR count). The highest BCUT2D eigenvalue weighted by Crippen LogP contribution is 2.21. The van der Waals surface area contributed by atoms with Crippen LogP contribution >= 0.6 is 15.9 Å². The van der Waals surface area contributed by atoms with Gasteiger partial charge in [0.25, 0.3) is 0 Å². The minimum Gasteiger partial charge on any atom is -0.376 e. The molecule has 0 atom stereocenters. The molecule has 1 aliphatic carbocycles. The standard InChI is InChI=1S/C15H25BrN4O/c1-2-8-18-15-19-11-13(16)14(20-15)17-9-10-21-12-6-4-3-5-7-12/h11-12H,2-10H2,1H3,(H2,17,18,19,20). The molecule has 0 aliphatic heterocycles. The van der Waals surface area contributed by atoms with Gasteiger partial charge in [0.1, 0.15) is 5.82 Å². The van der Waals surface area contributed by atoms with E-state index in [0.717, 1.165) is 36.4 Å². The molecule has 1 aromatic heterocycles. The fraction of sp³-hybridized carbons (Fsp3) is 0.733. The van der Waals surface area contributed by atoms with Crippen molar-refractivity contribution in [3.8, 4) is 0 Å². The van der Waals surface area contributed by atoms with Crippen LogP contribution in [0.3, 0.4) is 0 Å². The first-order chi connectivity index (χ1) is 10.3. The minimum atomic E-state index is 0.455. The SMILES string of the molecule is CCCNc1ncc(Br)c(NCCOC2CCCCC2)n1. The number of hydrogen-bond acceptors (Lipinski definition) is 5. The Balaban J connectivity index is 1.73. The van der Waals surface area contributed by atoms with Crippen molar-refractivity contribution in [1.29, 1.82) is 0 Å². The van der Waals surface area contributed by atoms with Gasteiger partial charge < -0.3 is 15.4 Å². The number of aromatic nitrogens is 2. The van der Waals surface area contributed by atoms with E-state index in [1.807, 2.05) is 0 Å². The van der Waals surface area contributed by atoms with Gasteiger partial charge >= 0.3 is 0 Å². The molecular weight excluding hydrogens is 332 g/mol. The van der Waals surface area contributed by atoms with Gasteiger partial charge in [-0.25, -0.2) is 4.98 Å². The Bertz CT molecular complexity index is 424. The Morgan fingerprint density at radius 1 is 1.24 bits per heavy atom. The van der Waals surface area contributed by atoms with Crippen molar-refractivity contribution >= 4 is 27.7 Å². The molecule has 1 aliphatic rings. The number of hydrogen-bond donors (Lipinski definition) is 2. The van der Waals surface area contributed by atoms with Crippen molar-refractivity contribution in [2.75, 3.05) is 30.3 Å². The first-order valence-electron chi connectivity index (χ1n) is 7.91. The second-order valence-electron chi connectivity index (χ2n) is 5.37. The van der Waals surface area contributed by atoms with Crippen LogP contribution in [0.2, 0.25) is 0 Å². The Kier molecular flexibility index (Phi) is 7.23. The molecule has 0 radical (unpaired) electrons. The maximum Gasteiger partial charge on any atom is 0.224 e. The van der Waals surface area contributed by atoms with Gasteiger partial charge in [-0.3, -0.25) is 0 Å². The Morgan fingerprint density at radius 2 is 2.05 bits per heavy atom. The van der Waals surface area contributed by atoms with E-state index in [9.17, 15) is 0 Å². The highest BCUT2D eigenvalue weighted by Gasteiger charge is 2.13. The predicted octanol–water partition coefficient (Wildman–Crippen LogP) is 3.82. The maximum absolute atomic E-state index is 5.90. The van der Waals surface area contributed by atoms with E-state index in [1.54, 1.807) is 6.20 Å². The van der Waals surface area contributed by atoms with Crippen molar-refractivity contribution in [2.45, 2.75) is 51.6 Å². The highest BCUT2D eigenvalue weighted by atomic mass is 79.9. The lowest BCUT2D eigenvalue weighted by molar-refractivity contribution is 0.0347. The lowest BCUT2D eigenvalue weighted by Gasteiger charge is -2.22. The fourth-order valence-corrected chi connectivity index (χ4v) is 2.77. The molecule has 5 nitrogen and oxygen atoms in total. The summed E-state index contributed by atoms with van der Waals surface area (Å²) in [5, 5.41) is 6.50. The smallest absolute Gasteiger partial charge is 0.224 e. The summed E-state index contributed by atoms with van der Waals surface area (Å²) in [5.74, 6) is 1.48. The van der Waals surface area contributed by atoms with E-state index < -0.39 is 0 Å². The first kappa shape index (κ1) is 16.5. The van der Waals surface area contributed by atoms with Crippen LogP contribution in [-0.4, -0.2) is 35.8 Å². The first-order valence-corrected chi connectivity index (χ1v) is 8.70. The molecular formula is C15H25BrN4O. The third-order valence-corrected chi connectivity index (χ3v) is 4.16. The molecule has 118 valence electrons. The molecule has 0 spiro atoms. The Labute approximate surface area is 135 Å². The molecule has 0 bridgehead atoms. The average molecular weight is 357 g/mol. The van der Waals surface area contributed by atoms with Gasteiger partial charge in [0.05, 0.1) is 17.2 Å². The summed E-state index contributed by atoms with van der Waals surface area (Å²) in [4.78, 5) is 8.70. The van der Waals surface area contributed by atoms with E-state index in [-0.39, 0.29) is 0 Å². The molecule has 0 unspecified atom stereocenters. The highest BCUT2D eigenvalue weighted by molar-refractivity contribution is 9.10. The molecule has 21 heavy (non-hydrogen) atoms. The summed E-state index contributed by atoms with van der Waals surface area (Å²) in [6.45, 7) is 4.48. The normalized spacial score (nSPS) is 15.9. The van der Waals surface area contributed by atoms with Crippen LogP contribution < -0.4 is 10.6 Å². The Hall–Kier alpha value is -0.880. The summed E-state index contributed by atoms with van der Waals surface area (Å²) >= 11 is 3.47. The van der Waals surface area contributed by atoms with Crippen LogP contribution in [0.15, 0.2) is 10.7 Å². The monoisotopic (exact) mass is 356 g/mol. The molecule has 2 N–H and O–H groups in total. The molecule has 0 saturated heterocycles. The molecule has 0 amide bonds. The van der Waals surface area contributed by atoms with Crippen molar-refractivity contribution in [3.63, 3.8) is 0 Å². The summed E-state index contributed by atoms with van der Waals surface area (Å²) in [6.07, 6.45) is 9.68.